The number of hydrogen-bond donors (Lipinski definition) is 1. The van der Waals surface area contributed by atoms with E-state index in [0.717, 1.165) is 0 Å². The van der Waals surface area contributed by atoms with Gasteiger partial charge in [0.1, 0.15) is 0 Å². The lowest BCUT2D eigenvalue weighted by molar-refractivity contribution is -0.391. The summed E-state index contributed by atoms with van der Waals surface area (Å²) in [5, 5.41) is 30.9. The van der Waals surface area contributed by atoms with Crippen LogP contribution in [0.4, 0.5) is 11.4 Å². The highest BCUT2D eigenvalue weighted by Crippen LogP contribution is 2.37. The summed E-state index contributed by atoms with van der Waals surface area (Å²) in [5.74, 6) is -1.11. The first-order valence-electron chi connectivity index (χ1n) is 5.81. The van der Waals surface area contributed by atoms with Crippen LogP contribution >= 0.6 is 0 Å². The van der Waals surface area contributed by atoms with Gasteiger partial charge < -0.3 is 5.11 Å². The van der Waals surface area contributed by atoms with E-state index in [-0.39, 0.29) is 46.5 Å². The fourth-order valence-electron chi connectivity index (χ4n) is 2.24. The monoisotopic (exact) mass is 282 g/mol. The third-order valence-electron chi connectivity index (χ3n) is 3.32. The maximum Gasteiger partial charge on any atom is 0.303 e. The summed E-state index contributed by atoms with van der Waals surface area (Å²) in [6, 6.07) is 0. The molecule has 0 heterocycles. The zero-order valence-electron chi connectivity index (χ0n) is 11.3. The van der Waals surface area contributed by atoms with Crippen molar-refractivity contribution < 1.29 is 19.7 Å². The Hall–Kier alpha value is -2.51. The molecule has 0 spiro atoms. The number of carboxylic acids is 1. The van der Waals surface area contributed by atoms with Crippen LogP contribution in [0.3, 0.4) is 0 Å². The summed E-state index contributed by atoms with van der Waals surface area (Å²) in [6.07, 6.45) is -0.430. The molecule has 1 rings (SSSR count). The molecule has 0 saturated carbocycles. The van der Waals surface area contributed by atoms with Crippen molar-refractivity contribution in [1.82, 2.24) is 0 Å². The van der Waals surface area contributed by atoms with Crippen molar-refractivity contribution in [3.8, 4) is 0 Å². The van der Waals surface area contributed by atoms with Gasteiger partial charge in [-0.25, -0.2) is 0 Å². The van der Waals surface area contributed by atoms with Crippen molar-refractivity contribution in [1.29, 1.82) is 0 Å². The van der Waals surface area contributed by atoms with Crippen LogP contribution < -0.4 is 0 Å². The van der Waals surface area contributed by atoms with Crippen LogP contribution in [-0.2, 0) is 11.2 Å². The number of aliphatic carboxylic acids is 1. The second-order valence-corrected chi connectivity index (χ2v) is 4.46. The maximum absolute atomic E-state index is 11.2. The van der Waals surface area contributed by atoms with E-state index in [1.165, 1.54) is 20.8 Å². The molecule has 0 radical (unpaired) electrons. The SMILES string of the molecule is Cc1c(C)c([N+](=O)[O-])c(CCC(=O)O)c(C)c1[N+](=O)[O-]. The van der Waals surface area contributed by atoms with Crippen molar-refractivity contribution in [3.05, 3.63) is 42.5 Å². The fraction of sp³-hybridized carbons (Fsp3) is 0.417. The van der Waals surface area contributed by atoms with E-state index in [4.69, 9.17) is 5.11 Å². The summed E-state index contributed by atoms with van der Waals surface area (Å²) in [4.78, 5) is 31.7. The molecule has 8 nitrogen and oxygen atoms in total. The number of hydrogen-bond acceptors (Lipinski definition) is 5. The molecular formula is C12H14N2O6. The van der Waals surface area contributed by atoms with Crippen molar-refractivity contribution in [2.75, 3.05) is 0 Å². The average molecular weight is 282 g/mol. The van der Waals surface area contributed by atoms with Crippen LogP contribution in [-0.4, -0.2) is 20.9 Å². The van der Waals surface area contributed by atoms with Crippen LogP contribution in [0.1, 0.15) is 28.7 Å². The van der Waals surface area contributed by atoms with Gasteiger partial charge in [0.2, 0.25) is 0 Å². The molecule has 0 saturated heterocycles. The normalized spacial score (nSPS) is 10.3. The van der Waals surface area contributed by atoms with Gasteiger partial charge in [0.25, 0.3) is 11.4 Å². The first-order chi connectivity index (χ1) is 9.18. The van der Waals surface area contributed by atoms with Gasteiger partial charge in [-0.15, -0.1) is 0 Å². The van der Waals surface area contributed by atoms with E-state index in [9.17, 15) is 25.0 Å². The van der Waals surface area contributed by atoms with Gasteiger partial charge in [-0.1, -0.05) is 0 Å². The Morgan fingerprint density at radius 2 is 1.45 bits per heavy atom. The lowest BCUT2D eigenvalue weighted by Crippen LogP contribution is -2.09. The Kier molecular flexibility index (Phi) is 4.38. The first kappa shape index (κ1) is 15.5. The predicted molar refractivity (Wildman–Crippen MR) is 69.9 cm³/mol. The van der Waals surface area contributed by atoms with Gasteiger partial charge in [0, 0.05) is 28.7 Å². The zero-order chi connectivity index (χ0) is 15.6. The van der Waals surface area contributed by atoms with Crippen molar-refractivity contribution in [2.24, 2.45) is 0 Å². The van der Waals surface area contributed by atoms with E-state index in [0.29, 0.717) is 0 Å². The highest BCUT2D eigenvalue weighted by Gasteiger charge is 2.30. The van der Waals surface area contributed by atoms with Crippen LogP contribution in [0.15, 0.2) is 0 Å². The number of benzene rings is 1. The predicted octanol–water partition coefficient (Wildman–Crippen LogP) is 2.45. The largest absolute Gasteiger partial charge is 0.481 e. The van der Waals surface area contributed by atoms with Gasteiger partial charge in [-0.05, 0) is 27.2 Å². The van der Waals surface area contributed by atoms with Crippen LogP contribution in [0, 0.1) is 41.0 Å². The molecular weight excluding hydrogens is 268 g/mol. The number of nitrogens with zero attached hydrogens (tertiary/aromatic N) is 2. The minimum atomic E-state index is -1.11. The van der Waals surface area contributed by atoms with Gasteiger partial charge >= 0.3 is 5.97 Å². The Morgan fingerprint density at radius 3 is 1.85 bits per heavy atom. The van der Waals surface area contributed by atoms with Crippen molar-refractivity contribution >= 4 is 17.3 Å². The third-order valence-corrected chi connectivity index (χ3v) is 3.32. The Balaban J connectivity index is 3.63. The topological polar surface area (TPSA) is 124 Å². The second-order valence-electron chi connectivity index (χ2n) is 4.46. The van der Waals surface area contributed by atoms with Crippen LogP contribution in [0.25, 0.3) is 0 Å². The molecule has 1 N–H and O–H groups in total. The standard InChI is InChI=1S/C12H14N2O6/c1-6-7(2)12(14(19)20)9(4-5-10(15)16)8(3)11(6)13(17)18/h4-5H2,1-3H3,(H,15,16). The molecule has 1 aromatic carbocycles. The molecule has 0 bridgehead atoms. The van der Waals surface area contributed by atoms with Gasteiger partial charge in [-0.2, -0.15) is 0 Å². The van der Waals surface area contributed by atoms with E-state index >= 15 is 0 Å². The smallest absolute Gasteiger partial charge is 0.303 e. The zero-order valence-corrected chi connectivity index (χ0v) is 11.3. The van der Waals surface area contributed by atoms with E-state index in [1.54, 1.807) is 0 Å². The van der Waals surface area contributed by atoms with Crippen molar-refractivity contribution in [2.45, 2.75) is 33.6 Å². The number of carboxylic acid groups (broad SMARTS) is 1. The summed E-state index contributed by atoms with van der Waals surface area (Å²) in [6.45, 7) is 4.30. The molecule has 0 fully saturated rings. The molecule has 0 aliphatic carbocycles. The molecule has 0 unspecified atom stereocenters. The molecule has 0 aromatic heterocycles. The number of rotatable bonds is 5. The molecule has 8 heteroatoms. The van der Waals surface area contributed by atoms with Crippen LogP contribution in [0.2, 0.25) is 0 Å². The minimum absolute atomic E-state index is 0.112. The van der Waals surface area contributed by atoms with E-state index < -0.39 is 15.8 Å². The first-order valence-corrected chi connectivity index (χ1v) is 5.81. The Labute approximate surface area is 114 Å². The summed E-state index contributed by atoms with van der Waals surface area (Å²) < 4.78 is 0. The third kappa shape index (κ3) is 2.73. The molecule has 20 heavy (non-hydrogen) atoms. The maximum atomic E-state index is 11.2. The lowest BCUT2D eigenvalue weighted by Gasteiger charge is -2.12. The van der Waals surface area contributed by atoms with Gasteiger partial charge in [-0.3, -0.25) is 25.0 Å². The molecule has 1 aromatic rings. The second kappa shape index (κ2) is 5.64. The fourth-order valence-corrected chi connectivity index (χ4v) is 2.24. The van der Waals surface area contributed by atoms with Crippen molar-refractivity contribution in [3.63, 3.8) is 0 Å². The summed E-state index contributed by atoms with van der Waals surface area (Å²) >= 11 is 0. The van der Waals surface area contributed by atoms with Crippen LogP contribution in [0.5, 0.6) is 0 Å². The summed E-state index contributed by atoms with van der Waals surface area (Å²) in [7, 11) is 0. The average Bonchev–Trinajstić information content (AvgIpc) is 2.30. The highest BCUT2D eigenvalue weighted by atomic mass is 16.6. The quantitative estimate of drug-likeness (QED) is 0.653. The van der Waals surface area contributed by atoms with E-state index in [1.807, 2.05) is 0 Å². The number of carbonyl (C=O) groups is 1. The lowest BCUT2D eigenvalue weighted by atomic mass is 9.93. The van der Waals surface area contributed by atoms with Gasteiger partial charge in [0.15, 0.2) is 0 Å². The molecule has 0 atom stereocenters. The molecule has 0 aliphatic heterocycles. The number of nitro groups is 2. The summed E-state index contributed by atoms with van der Waals surface area (Å²) in [5.41, 5.74) is 0.296. The number of nitro benzene ring substituents is 2. The molecule has 0 amide bonds. The minimum Gasteiger partial charge on any atom is -0.481 e. The Morgan fingerprint density at radius 1 is 1.00 bits per heavy atom. The molecule has 108 valence electrons. The highest BCUT2D eigenvalue weighted by molar-refractivity contribution is 5.69. The Bertz CT molecular complexity index is 609. The molecule has 0 aliphatic rings. The van der Waals surface area contributed by atoms with Gasteiger partial charge in [0.05, 0.1) is 9.85 Å². The van der Waals surface area contributed by atoms with E-state index in [2.05, 4.69) is 0 Å².